The van der Waals surface area contributed by atoms with Crippen molar-refractivity contribution < 1.29 is 4.42 Å². The summed E-state index contributed by atoms with van der Waals surface area (Å²) in [5.41, 5.74) is 3.71. The van der Waals surface area contributed by atoms with Crippen LogP contribution in [0, 0.1) is 18.0 Å². The molecule has 3 aromatic rings. The molecule has 0 aliphatic heterocycles. The van der Waals surface area contributed by atoms with Crippen LogP contribution in [0.5, 0.6) is 0 Å². The predicted octanol–water partition coefficient (Wildman–Crippen LogP) is 5.98. The molecule has 0 spiro atoms. The third-order valence-corrected chi connectivity index (χ3v) is 5.35. The molecule has 1 aliphatic carbocycles. The van der Waals surface area contributed by atoms with Crippen molar-refractivity contribution in [1.29, 1.82) is 0 Å². The molecule has 30 heavy (non-hydrogen) atoms. The normalized spacial score (nSPS) is 16.2. The van der Waals surface area contributed by atoms with Gasteiger partial charge in [-0.15, -0.1) is 0 Å². The van der Waals surface area contributed by atoms with Gasteiger partial charge in [-0.2, -0.15) is 0 Å². The Hall–Kier alpha value is -2.96. The van der Waals surface area contributed by atoms with Gasteiger partial charge in [0, 0.05) is 35.1 Å². The van der Waals surface area contributed by atoms with Gasteiger partial charge in [-0.25, -0.2) is 9.97 Å². The number of halogens is 1. The summed E-state index contributed by atoms with van der Waals surface area (Å²) in [6.45, 7) is 6.11. The second-order valence-electron chi connectivity index (χ2n) is 7.31. The lowest BCUT2D eigenvalue weighted by atomic mass is 9.95. The zero-order chi connectivity index (χ0) is 21.3. The summed E-state index contributed by atoms with van der Waals surface area (Å²) in [6.07, 6.45) is 8.35. The molecule has 0 amide bonds. The van der Waals surface area contributed by atoms with Crippen molar-refractivity contribution in [3.8, 4) is 22.9 Å². The highest BCUT2D eigenvalue weighted by molar-refractivity contribution is 6.37. The maximum absolute atomic E-state index is 12.1. The largest absolute Gasteiger partial charge is 0.757 e. The fourth-order valence-electron chi connectivity index (χ4n) is 3.35. The Balaban J connectivity index is 1.88. The van der Waals surface area contributed by atoms with Crippen molar-refractivity contribution in [2.75, 3.05) is 11.6 Å². The number of nitrogens with zero attached hydrogens (tertiary/aromatic N) is 4. The second-order valence-corrected chi connectivity index (χ2v) is 7.72. The Bertz CT molecular complexity index is 1120. The molecule has 1 atom stereocenters. The molecule has 0 N–H and O–H groups in total. The average molecular weight is 422 g/mol. The van der Waals surface area contributed by atoms with Gasteiger partial charge in [0.1, 0.15) is 17.2 Å². The maximum Gasteiger partial charge on any atom is 0.227 e. The van der Waals surface area contributed by atoms with Gasteiger partial charge in [0.05, 0.1) is 0 Å². The van der Waals surface area contributed by atoms with Crippen molar-refractivity contribution >= 4 is 23.0 Å². The minimum Gasteiger partial charge on any atom is -0.757 e. The zero-order valence-corrected chi connectivity index (χ0v) is 17.8. The first-order chi connectivity index (χ1) is 14.5. The van der Waals surface area contributed by atoms with E-state index < -0.39 is 0 Å². The minimum absolute atomic E-state index is 0.303. The van der Waals surface area contributed by atoms with Crippen LogP contribution in [0.3, 0.4) is 0 Å². The summed E-state index contributed by atoms with van der Waals surface area (Å²) < 4.78 is 6.22. The van der Waals surface area contributed by atoms with Gasteiger partial charge in [-0.3, -0.25) is 4.98 Å². The van der Waals surface area contributed by atoms with E-state index in [-0.39, 0.29) is 0 Å². The second kappa shape index (κ2) is 8.42. The first-order valence-electron chi connectivity index (χ1n) is 9.90. The third kappa shape index (κ3) is 3.88. The van der Waals surface area contributed by atoms with Gasteiger partial charge >= 0.3 is 0 Å². The highest BCUT2D eigenvalue weighted by Gasteiger charge is 2.24. The lowest BCUT2D eigenvalue weighted by molar-refractivity contribution is 0.585. The van der Waals surface area contributed by atoms with E-state index in [4.69, 9.17) is 21.0 Å². The maximum atomic E-state index is 12.1. The molecule has 0 radical (unpaired) electrons. The standard InChI is InChI=1S/C23H22ClN4O2/c1-4-28(29)20-12-17(15(3)13-26-20)23-27-21(16-9-8-14(2)11-18(16)24)22(30-23)19-7-5-6-10-25-19/h5-7,9-14H,4,8H2,1-3H3/q-1. The Morgan fingerprint density at radius 2 is 2.13 bits per heavy atom. The minimum atomic E-state index is 0.303. The number of hydroxylamine groups is 1. The molecular weight excluding hydrogens is 400 g/mol. The summed E-state index contributed by atoms with van der Waals surface area (Å²) in [5, 5.41) is 13.6. The summed E-state index contributed by atoms with van der Waals surface area (Å²) in [6, 6.07) is 7.33. The van der Waals surface area contributed by atoms with Crippen LogP contribution >= 0.6 is 11.6 Å². The number of aromatic nitrogens is 3. The van der Waals surface area contributed by atoms with E-state index in [2.05, 4.69) is 23.0 Å². The van der Waals surface area contributed by atoms with E-state index in [0.717, 1.165) is 22.6 Å². The molecule has 0 saturated carbocycles. The molecule has 0 fully saturated rings. The first-order valence-corrected chi connectivity index (χ1v) is 10.3. The Labute approximate surface area is 180 Å². The quantitative estimate of drug-likeness (QED) is 0.471. The molecule has 3 aromatic heterocycles. The highest BCUT2D eigenvalue weighted by atomic mass is 35.5. The summed E-state index contributed by atoms with van der Waals surface area (Å²) in [5.74, 6) is 1.64. The van der Waals surface area contributed by atoms with Crippen molar-refractivity contribution in [2.24, 2.45) is 5.92 Å². The highest BCUT2D eigenvalue weighted by Crippen LogP contribution is 2.40. The third-order valence-electron chi connectivity index (χ3n) is 5.02. The summed E-state index contributed by atoms with van der Waals surface area (Å²) in [7, 11) is 0. The van der Waals surface area contributed by atoms with Gasteiger partial charge in [-0.05, 0) is 49.9 Å². The Morgan fingerprint density at radius 3 is 2.83 bits per heavy atom. The molecule has 4 rings (SSSR count). The van der Waals surface area contributed by atoms with Crippen LogP contribution in [0.2, 0.25) is 0 Å². The van der Waals surface area contributed by atoms with Crippen molar-refractivity contribution in [1.82, 2.24) is 15.0 Å². The lowest BCUT2D eigenvalue weighted by Crippen LogP contribution is -2.14. The van der Waals surface area contributed by atoms with Crippen LogP contribution in [-0.2, 0) is 0 Å². The molecule has 1 unspecified atom stereocenters. The molecule has 0 saturated heterocycles. The van der Waals surface area contributed by atoms with E-state index in [9.17, 15) is 5.21 Å². The molecule has 0 aromatic carbocycles. The number of allylic oxidation sites excluding steroid dienone is 4. The fraction of sp³-hybridized carbons (Fsp3) is 0.261. The van der Waals surface area contributed by atoms with E-state index in [1.807, 2.05) is 31.2 Å². The molecule has 154 valence electrons. The van der Waals surface area contributed by atoms with Crippen LogP contribution in [0.15, 0.2) is 58.3 Å². The van der Waals surface area contributed by atoms with Crippen molar-refractivity contribution in [3.63, 3.8) is 0 Å². The first kappa shape index (κ1) is 20.3. The Morgan fingerprint density at radius 1 is 1.30 bits per heavy atom. The van der Waals surface area contributed by atoms with Crippen LogP contribution in [0.1, 0.15) is 31.5 Å². The van der Waals surface area contributed by atoms with E-state index >= 15 is 0 Å². The molecule has 1 aliphatic rings. The Kier molecular flexibility index (Phi) is 5.70. The number of hydrogen-bond acceptors (Lipinski definition) is 6. The van der Waals surface area contributed by atoms with Gasteiger partial charge in [-0.1, -0.05) is 36.7 Å². The summed E-state index contributed by atoms with van der Waals surface area (Å²) in [4.78, 5) is 13.5. The van der Waals surface area contributed by atoms with Crippen molar-refractivity contribution in [3.05, 3.63) is 70.3 Å². The van der Waals surface area contributed by atoms with Crippen LogP contribution < -0.4 is 5.06 Å². The summed E-state index contributed by atoms with van der Waals surface area (Å²) >= 11 is 6.58. The van der Waals surface area contributed by atoms with Gasteiger partial charge in [0.25, 0.3) is 0 Å². The average Bonchev–Trinajstić information content (AvgIpc) is 3.19. The molecular formula is C23H22ClN4O2-. The van der Waals surface area contributed by atoms with E-state index in [1.165, 1.54) is 0 Å². The number of hydrogen-bond donors (Lipinski definition) is 0. The van der Waals surface area contributed by atoms with E-state index in [1.54, 1.807) is 25.4 Å². The van der Waals surface area contributed by atoms with Crippen LogP contribution in [0.4, 0.5) is 5.82 Å². The molecule has 6 nitrogen and oxygen atoms in total. The zero-order valence-electron chi connectivity index (χ0n) is 17.1. The number of aryl methyl sites for hydroxylation is 1. The van der Waals surface area contributed by atoms with Gasteiger partial charge < -0.3 is 14.7 Å². The van der Waals surface area contributed by atoms with Crippen molar-refractivity contribution in [2.45, 2.75) is 27.2 Å². The lowest BCUT2D eigenvalue weighted by Gasteiger charge is -2.27. The number of pyridine rings is 2. The smallest absolute Gasteiger partial charge is 0.227 e. The topological polar surface area (TPSA) is 78.1 Å². The van der Waals surface area contributed by atoms with Gasteiger partial charge in [0.2, 0.25) is 5.89 Å². The monoisotopic (exact) mass is 421 g/mol. The van der Waals surface area contributed by atoms with Crippen LogP contribution in [-0.4, -0.2) is 21.5 Å². The number of anilines is 1. The SMILES string of the molecule is CCN([O-])c1cc(-c2nc(C3=CCC(C)C=C3Cl)c(-c3ccccn3)o2)c(C)cn1. The fourth-order valence-corrected chi connectivity index (χ4v) is 3.73. The van der Waals surface area contributed by atoms with Gasteiger partial charge in [0.15, 0.2) is 5.76 Å². The molecule has 0 bridgehead atoms. The van der Waals surface area contributed by atoms with E-state index in [0.29, 0.717) is 51.9 Å². The predicted molar refractivity (Wildman–Crippen MR) is 120 cm³/mol. The van der Waals surface area contributed by atoms with Crippen LogP contribution in [0.25, 0.3) is 28.5 Å². The number of rotatable bonds is 5. The molecule has 3 heterocycles. The molecule has 7 heteroatoms. The number of oxazole rings is 1.